The molecule has 92 valence electrons. The molecule has 0 aliphatic carbocycles. The molecule has 0 aromatic heterocycles. The summed E-state index contributed by atoms with van der Waals surface area (Å²) in [5.74, 6) is -1.87. The molecule has 2 bridgehead atoms. The lowest BCUT2D eigenvalue weighted by Crippen LogP contribution is -2.56. The zero-order chi connectivity index (χ0) is 12.0. The number of carbonyl (C=O) groups excluding carboxylic acids is 1. The predicted molar refractivity (Wildman–Crippen MR) is 54.8 cm³/mol. The highest BCUT2D eigenvalue weighted by molar-refractivity contribution is 5.76. The summed E-state index contributed by atoms with van der Waals surface area (Å²) in [5.41, 5.74) is -0.538. The Hall–Kier alpha value is -0.650. The van der Waals surface area contributed by atoms with Crippen molar-refractivity contribution in [2.75, 3.05) is 21.3 Å². The van der Waals surface area contributed by atoms with Crippen LogP contribution in [0.4, 0.5) is 0 Å². The van der Waals surface area contributed by atoms with Crippen LogP contribution in [0.25, 0.3) is 0 Å². The van der Waals surface area contributed by atoms with Gasteiger partial charge in [-0.2, -0.15) is 0 Å². The first-order valence-corrected chi connectivity index (χ1v) is 5.40. The van der Waals surface area contributed by atoms with Crippen LogP contribution in [-0.4, -0.2) is 44.8 Å². The number of rotatable bonds is 3. The summed E-state index contributed by atoms with van der Waals surface area (Å²) in [5, 5.41) is 0. The van der Waals surface area contributed by atoms with E-state index in [4.69, 9.17) is 18.9 Å². The van der Waals surface area contributed by atoms with Gasteiger partial charge in [0, 0.05) is 14.2 Å². The van der Waals surface area contributed by atoms with Crippen LogP contribution in [-0.2, 0) is 23.7 Å². The normalized spacial score (nSPS) is 40.0. The molecule has 0 spiro atoms. The first-order valence-electron chi connectivity index (χ1n) is 5.40. The largest absolute Gasteiger partial charge is 0.469 e. The van der Waals surface area contributed by atoms with Gasteiger partial charge in [0.1, 0.15) is 12.0 Å². The summed E-state index contributed by atoms with van der Waals surface area (Å²) in [4.78, 5) is 11.9. The second-order valence-electron chi connectivity index (χ2n) is 4.54. The van der Waals surface area contributed by atoms with Crippen molar-refractivity contribution in [1.82, 2.24) is 0 Å². The van der Waals surface area contributed by atoms with Crippen LogP contribution < -0.4 is 0 Å². The monoisotopic (exact) mass is 230 g/mol. The van der Waals surface area contributed by atoms with Gasteiger partial charge in [-0.05, 0) is 19.8 Å². The summed E-state index contributed by atoms with van der Waals surface area (Å²) in [6.07, 6.45) is 1.47. The topological polar surface area (TPSA) is 54.0 Å². The molecule has 0 saturated carbocycles. The van der Waals surface area contributed by atoms with E-state index in [1.165, 1.54) is 21.3 Å². The molecule has 0 unspecified atom stereocenters. The average molecular weight is 230 g/mol. The Balaban J connectivity index is 2.40. The predicted octanol–water partition coefficient (Wildman–Crippen LogP) is 0.716. The summed E-state index contributed by atoms with van der Waals surface area (Å²) in [6, 6.07) is 0. The molecule has 5 nitrogen and oxygen atoms in total. The van der Waals surface area contributed by atoms with Crippen LogP contribution in [0.5, 0.6) is 0 Å². The maximum absolute atomic E-state index is 11.9. The second kappa shape index (κ2) is 3.68. The molecule has 0 aromatic rings. The molecule has 0 amide bonds. The van der Waals surface area contributed by atoms with Gasteiger partial charge in [-0.3, -0.25) is 4.79 Å². The fourth-order valence-corrected chi connectivity index (χ4v) is 3.08. The van der Waals surface area contributed by atoms with Crippen molar-refractivity contribution in [3.05, 3.63) is 0 Å². The Morgan fingerprint density at radius 3 is 2.44 bits per heavy atom. The molecule has 2 saturated heterocycles. The van der Waals surface area contributed by atoms with Crippen molar-refractivity contribution < 1.29 is 23.7 Å². The number of fused-ring (bicyclic) bond motifs is 2. The second-order valence-corrected chi connectivity index (χ2v) is 4.54. The van der Waals surface area contributed by atoms with Crippen molar-refractivity contribution in [3.8, 4) is 0 Å². The smallest absolute Gasteiger partial charge is 0.317 e. The van der Waals surface area contributed by atoms with Crippen molar-refractivity contribution in [1.29, 1.82) is 0 Å². The summed E-state index contributed by atoms with van der Waals surface area (Å²) in [7, 11) is 4.44. The van der Waals surface area contributed by atoms with E-state index >= 15 is 0 Å². The van der Waals surface area contributed by atoms with E-state index in [0.717, 1.165) is 12.8 Å². The van der Waals surface area contributed by atoms with E-state index in [1.54, 1.807) is 0 Å². The Morgan fingerprint density at radius 2 is 1.94 bits per heavy atom. The minimum Gasteiger partial charge on any atom is -0.469 e. The van der Waals surface area contributed by atoms with Crippen molar-refractivity contribution in [3.63, 3.8) is 0 Å². The minimum atomic E-state index is -1.000. The van der Waals surface area contributed by atoms with Crippen LogP contribution in [0.1, 0.15) is 19.8 Å². The number of ether oxygens (including phenoxy) is 4. The third-order valence-electron chi connectivity index (χ3n) is 3.85. The van der Waals surface area contributed by atoms with Crippen LogP contribution >= 0.6 is 0 Å². The molecule has 2 aliphatic rings. The van der Waals surface area contributed by atoms with E-state index in [1.807, 2.05) is 6.92 Å². The standard InChI is InChI=1S/C11H18O5/c1-10-6-5-7(16-10)11(14-3,15-4)8(10)9(12)13-2/h7-8H,5-6H2,1-4H3/t7-,8+,10-/m0/s1. The third kappa shape index (κ3) is 1.25. The Labute approximate surface area is 95.0 Å². The van der Waals surface area contributed by atoms with Gasteiger partial charge < -0.3 is 18.9 Å². The van der Waals surface area contributed by atoms with Gasteiger partial charge in [0.2, 0.25) is 5.79 Å². The molecule has 5 heteroatoms. The first-order chi connectivity index (χ1) is 7.54. The molecule has 2 rings (SSSR count). The van der Waals surface area contributed by atoms with Gasteiger partial charge in [-0.15, -0.1) is 0 Å². The van der Waals surface area contributed by atoms with Crippen LogP contribution in [0, 0.1) is 5.92 Å². The zero-order valence-corrected chi connectivity index (χ0v) is 10.1. The summed E-state index contributed by atoms with van der Waals surface area (Å²) >= 11 is 0. The molecular weight excluding hydrogens is 212 g/mol. The fraction of sp³-hybridized carbons (Fsp3) is 0.909. The highest BCUT2D eigenvalue weighted by Gasteiger charge is 2.70. The van der Waals surface area contributed by atoms with E-state index in [2.05, 4.69) is 0 Å². The lowest BCUT2D eigenvalue weighted by molar-refractivity contribution is -0.255. The molecule has 2 aliphatic heterocycles. The van der Waals surface area contributed by atoms with Gasteiger partial charge in [0.15, 0.2) is 0 Å². The van der Waals surface area contributed by atoms with E-state index in [0.29, 0.717) is 0 Å². The van der Waals surface area contributed by atoms with Gasteiger partial charge in [0.25, 0.3) is 0 Å². The molecule has 0 radical (unpaired) electrons. The Morgan fingerprint density at radius 1 is 1.31 bits per heavy atom. The highest BCUT2D eigenvalue weighted by atomic mass is 16.7. The molecule has 0 aromatic carbocycles. The number of hydrogen-bond donors (Lipinski definition) is 0. The molecular formula is C11H18O5. The Kier molecular flexibility index (Phi) is 2.72. The van der Waals surface area contributed by atoms with E-state index in [-0.39, 0.29) is 12.1 Å². The van der Waals surface area contributed by atoms with Gasteiger partial charge >= 0.3 is 5.97 Å². The molecule has 16 heavy (non-hydrogen) atoms. The highest BCUT2D eigenvalue weighted by Crippen LogP contribution is 2.55. The van der Waals surface area contributed by atoms with Crippen molar-refractivity contribution >= 4 is 5.97 Å². The number of methoxy groups -OCH3 is 3. The lowest BCUT2D eigenvalue weighted by atomic mass is 9.75. The maximum atomic E-state index is 11.9. The van der Waals surface area contributed by atoms with Crippen LogP contribution in [0.3, 0.4) is 0 Å². The van der Waals surface area contributed by atoms with E-state index < -0.39 is 17.3 Å². The number of hydrogen-bond acceptors (Lipinski definition) is 5. The minimum absolute atomic E-state index is 0.198. The van der Waals surface area contributed by atoms with E-state index in [9.17, 15) is 4.79 Å². The first kappa shape index (κ1) is 11.8. The van der Waals surface area contributed by atoms with Crippen molar-refractivity contribution in [2.45, 2.75) is 37.3 Å². The summed E-state index contributed by atoms with van der Waals surface area (Å²) < 4.78 is 21.5. The summed E-state index contributed by atoms with van der Waals surface area (Å²) in [6.45, 7) is 1.91. The third-order valence-corrected chi connectivity index (χ3v) is 3.85. The average Bonchev–Trinajstić information content (AvgIpc) is 2.79. The maximum Gasteiger partial charge on any atom is 0.317 e. The molecule has 0 N–H and O–H groups in total. The van der Waals surface area contributed by atoms with Crippen molar-refractivity contribution in [2.24, 2.45) is 5.92 Å². The van der Waals surface area contributed by atoms with Gasteiger partial charge in [-0.25, -0.2) is 0 Å². The quantitative estimate of drug-likeness (QED) is 0.528. The number of carbonyl (C=O) groups is 1. The zero-order valence-electron chi connectivity index (χ0n) is 10.1. The SMILES string of the molecule is COC(=O)[C@H]1C(OC)(OC)[C@@H]2CC[C@]1(C)O2. The Bertz CT molecular complexity index is 299. The lowest BCUT2D eigenvalue weighted by Gasteiger charge is -2.39. The van der Waals surface area contributed by atoms with Gasteiger partial charge in [-0.1, -0.05) is 0 Å². The van der Waals surface area contributed by atoms with Crippen LogP contribution in [0.2, 0.25) is 0 Å². The van der Waals surface area contributed by atoms with Crippen LogP contribution in [0.15, 0.2) is 0 Å². The molecule has 2 fully saturated rings. The number of esters is 1. The molecule has 3 atom stereocenters. The van der Waals surface area contributed by atoms with Gasteiger partial charge in [0.05, 0.1) is 12.7 Å². The fourth-order valence-electron chi connectivity index (χ4n) is 3.08. The molecule has 2 heterocycles.